The van der Waals surface area contributed by atoms with Crippen LogP contribution in [0.4, 0.5) is 10.5 Å². The molecule has 4 rings (SSSR count). The number of likely N-dealkylation sites (N-methyl/N-ethyl adjacent to an activating group) is 1. The van der Waals surface area contributed by atoms with Gasteiger partial charge in [-0.1, -0.05) is 18.2 Å². The van der Waals surface area contributed by atoms with E-state index in [1.165, 1.54) is 0 Å². The van der Waals surface area contributed by atoms with E-state index >= 15 is 0 Å². The quantitative estimate of drug-likeness (QED) is 0.832. The summed E-state index contributed by atoms with van der Waals surface area (Å²) >= 11 is 0. The molecule has 4 atom stereocenters. The standard InChI is InChI=1S/C17H21N3O3/c1-19-15-5-3-2-4-10(15)6-14(16(19)22)18-17(23)20-7-11-12(8-20)13(11)9-21/h2-5,11-14,21H,6-9H2,1H3,(H,18,23)/t11-,12+,13?,14?. The number of carbonyl (C=O) groups is 2. The summed E-state index contributed by atoms with van der Waals surface area (Å²) in [4.78, 5) is 28.3. The Morgan fingerprint density at radius 2 is 2.00 bits per heavy atom. The summed E-state index contributed by atoms with van der Waals surface area (Å²) in [5, 5.41) is 12.1. The number of amides is 3. The minimum atomic E-state index is -0.507. The lowest BCUT2D eigenvalue weighted by atomic mass is 9.98. The molecule has 1 saturated carbocycles. The summed E-state index contributed by atoms with van der Waals surface area (Å²) < 4.78 is 0. The van der Waals surface area contributed by atoms with Crippen molar-refractivity contribution in [2.45, 2.75) is 12.5 Å². The van der Waals surface area contributed by atoms with Crippen molar-refractivity contribution in [3.05, 3.63) is 29.8 Å². The van der Waals surface area contributed by atoms with E-state index in [-0.39, 0.29) is 18.5 Å². The van der Waals surface area contributed by atoms with Crippen molar-refractivity contribution in [3.8, 4) is 0 Å². The number of carbonyl (C=O) groups excluding carboxylic acids is 2. The highest BCUT2D eigenvalue weighted by atomic mass is 16.3. The number of hydrogen-bond acceptors (Lipinski definition) is 3. The van der Waals surface area contributed by atoms with Crippen molar-refractivity contribution in [3.63, 3.8) is 0 Å². The zero-order valence-corrected chi connectivity index (χ0v) is 13.1. The molecule has 1 aromatic rings. The van der Waals surface area contributed by atoms with Gasteiger partial charge in [0.05, 0.1) is 0 Å². The smallest absolute Gasteiger partial charge is 0.318 e. The molecule has 1 aromatic carbocycles. The fourth-order valence-corrected chi connectivity index (χ4v) is 4.11. The summed E-state index contributed by atoms with van der Waals surface area (Å²) in [7, 11) is 1.75. The van der Waals surface area contributed by atoms with Gasteiger partial charge in [0.25, 0.3) is 0 Å². The van der Waals surface area contributed by atoms with Gasteiger partial charge in [0.2, 0.25) is 5.91 Å². The topological polar surface area (TPSA) is 72.9 Å². The van der Waals surface area contributed by atoms with Gasteiger partial charge in [-0.25, -0.2) is 4.79 Å². The Hall–Kier alpha value is -2.08. The van der Waals surface area contributed by atoms with Crippen LogP contribution in [-0.4, -0.2) is 54.7 Å². The van der Waals surface area contributed by atoms with Crippen molar-refractivity contribution in [2.24, 2.45) is 17.8 Å². The number of fused-ring (bicyclic) bond motifs is 2. The Morgan fingerprint density at radius 1 is 1.30 bits per heavy atom. The van der Waals surface area contributed by atoms with Crippen LogP contribution in [0, 0.1) is 17.8 Å². The Balaban J connectivity index is 1.42. The second kappa shape index (κ2) is 5.23. The van der Waals surface area contributed by atoms with Crippen molar-refractivity contribution in [1.29, 1.82) is 0 Å². The maximum atomic E-state index is 12.5. The fraction of sp³-hybridized carbons (Fsp3) is 0.529. The van der Waals surface area contributed by atoms with E-state index in [1.54, 1.807) is 16.8 Å². The molecule has 2 fully saturated rings. The number of anilines is 1. The molecule has 2 heterocycles. The second-order valence-electron chi connectivity index (χ2n) is 6.81. The van der Waals surface area contributed by atoms with E-state index in [4.69, 9.17) is 0 Å². The van der Waals surface area contributed by atoms with Crippen LogP contribution in [0.25, 0.3) is 0 Å². The molecule has 3 amide bonds. The highest BCUT2D eigenvalue weighted by Crippen LogP contribution is 2.51. The van der Waals surface area contributed by atoms with Crippen LogP contribution in [0.5, 0.6) is 0 Å². The first-order valence-electron chi connectivity index (χ1n) is 8.12. The Morgan fingerprint density at radius 3 is 2.70 bits per heavy atom. The van der Waals surface area contributed by atoms with Crippen molar-refractivity contribution in [2.75, 3.05) is 31.6 Å². The number of nitrogens with one attached hydrogen (secondary N) is 1. The highest BCUT2D eigenvalue weighted by Gasteiger charge is 2.56. The van der Waals surface area contributed by atoms with Crippen LogP contribution in [0.1, 0.15) is 5.56 Å². The molecule has 6 nitrogen and oxygen atoms in total. The third kappa shape index (κ3) is 2.28. The molecule has 0 bridgehead atoms. The predicted molar refractivity (Wildman–Crippen MR) is 85.0 cm³/mol. The second-order valence-corrected chi connectivity index (χ2v) is 6.81. The predicted octanol–water partition coefficient (Wildman–Crippen LogP) is 0.454. The van der Waals surface area contributed by atoms with Gasteiger partial charge in [-0.05, 0) is 29.4 Å². The van der Waals surface area contributed by atoms with Crippen LogP contribution in [0.3, 0.4) is 0 Å². The highest BCUT2D eigenvalue weighted by molar-refractivity contribution is 6.01. The zero-order chi connectivity index (χ0) is 16.1. The third-order valence-electron chi connectivity index (χ3n) is 5.57. The van der Waals surface area contributed by atoms with E-state index < -0.39 is 6.04 Å². The Bertz CT molecular complexity index is 650. The summed E-state index contributed by atoms with van der Waals surface area (Å²) in [5.74, 6) is 1.18. The van der Waals surface area contributed by atoms with Gasteiger partial charge in [0, 0.05) is 38.9 Å². The molecule has 2 unspecified atom stereocenters. The maximum absolute atomic E-state index is 12.5. The number of aliphatic hydroxyl groups excluding tert-OH is 1. The molecule has 23 heavy (non-hydrogen) atoms. The molecule has 6 heteroatoms. The molecule has 2 aliphatic heterocycles. The van der Waals surface area contributed by atoms with Gasteiger partial charge in [0.1, 0.15) is 6.04 Å². The van der Waals surface area contributed by atoms with Gasteiger partial charge in [-0.2, -0.15) is 0 Å². The molecule has 0 spiro atoms. The Labute approximate surface area is 135 Å². The fourth-order valence-electron chi connectivity index (χ4n) is 4.11. The number of rotatable bonds is 2. The molecular weight excluding hydrogens is 294 g/mol. The summed E-state index contributed by atoms with van der Waals surface area (Å²) in [6.07, 6.45) is 0.533. The lowest BCUT2D eigenvalue weighted by molar-refractivity contribution is -0.120. The minimum Gasteiger partial charge on any atom is -0.396 e. The molecule has 1 aliphatic carbocycles. The maximum Gasteiger partial charge on any atom is 0.318 e. The number of hydrogen-bond donors (Lipinski definition) is 2. The molecule has 0 radical (unpaired) electrons. The third-order valence-corrected chi connectivity index (χ3v) is 5.57. The van der Waals surface area contributed by atoms with E-state index in [9.17, 15) is 14.7 Å². The number of likely N-dealkylation sites (tertiary alicyclic amines) is 1. The molecule has 2 N–H and O–H groups in total. The van der Waals surface area contributed by atoms with Crippen LogP contribution in [0.2, 0.25) is 0 Å². The van der Waals surface area contributed by atoms with Crippen molar-refractivity contribution in [1.82, 2.24) is 10.2 Å². The molecular formula is C17H21N3O3. The van der Waals surface area contributed by atoms with E-state index in [0.717, 1.165) is 11.3 Å². The van der Waals surface area contributed by atoms with Gasteiger partial charge in [-0.3, -0.25) is 4.79 Å². The van der Waals surface area contributed by atoms with Crippen LogP contribution in [0.15, 0.2) is 24.3 Å². The van der Waals surface area contributed by atoms with E-state index in [1.807, 2.05) is 24.3 Å². The number of urea groups is 1. The van der Waals surface area contributed by atoms with Gasteiger partial charge in [-0.15, -0.1) is 0 Å². The number of nitrogens with zero attached hydrogens (tertiary/aromatic N) is 2. The first-order valence-corrected chi connectivity index (χ1v) is 8.12. The lowest BCUT2D eigenvalue weighted by Crippen LogP contribution is -2.54. The number of benzene rings is 1. The van der Waals surface area contributed by atoms with Crippen LogP contribution >= 0.6 is 0 Å². The van der Waals surface area contributed by atoms with Crippen molar-refractivity contribution < 1.29 is 14.7 Å². The van der Waals surface area contributed by atoms with Gasteiger partial charge < -0.3 is 20.2 Å². The number of para-hydroxylation sites is 1. The summed E-state index contributed by atoms with van der Waals surface area (Å²) in [6.45, 7) is 1.59. The molecule has 1 saturated heterocycles. The largest absolute Gasteiger partial charge is 0.396 e. The van der Waals surface area contributed by atoms with Gasteiger partial charge in [0.15, 0.2) is 0 Å². The van der Waals surface area contributed by atoms with Crippen LogP contribution < -0.4 is 10.2 Å². The number of piperidine rings is 1. The van der Waals surface area contributed by atoms with Crippen LogP contribution in [-0.2, 0) is 11.2 Å². The first kappa shape index (κ1) is 14.5. The monoisotopic (exact) mass is 315 g/mol. The van der Waals surface area contributed by atoms with Gasteiger partial charge >= 0.3 is 6.03 Å². The molecule has 0 aromatic heterocycles. The summed E-state index contributed by atoms with van der Waals surface area (Å²) in [5.41, 5.74) is 1.99. The van der Waals surface area contributed by atoms with Crippen molar-refractivity contribution >= 4 is 17.6 Å². The minimum absolute atomic E-state index is 0.0744. The normalized spacial score (nSPS) is 31.7. The first-order chi connectivity index (χ1) is 11.1. The Kier molecular flexibility index (Phi) is 3.30. The summed E-state index contributed by atoms with van der Waals surface area (Å²) in [6, 6.07) is 7.11. The lowest BCUT2D eigenvalue weighted by Gasteiger charge is -2.33. The molecule has 3 aliphatic rings. The average Bonchev–Trinajstić information content (AvgIpc) is 3.03. The van der Waals surface area contributed by atoms with E-state index in [0.29, 0.717) is 37.3 Å². The molecule has 122 valence electrons. The van der Waals surface area contributed by atoms with E-state index in [2.05, 4.69) is 5.32 Å². The zero-order valence-electron chi connectivity index (χ0n) is 13.1. The SMILES string of the molecule is CN1C(=O)C(NC(=O)N2C[C@@H]3C(CO)[C@@H]3C2)Cc2ccccc21. The number of aliphatic hydroxyl groups is 1. The average molecular weight is 315 g/mol.